The molecule has 0 saturated heterocycles. The molecule has 2 unspecified atom stereocenters. The Balaban J connectivity index is 2.55. The van der Waals surface area contributed by atoms with E-state index in [2.05, 4.69) is 31.3 Å². The van der Waals surface area contributed by atoms with Gasteiger partial charge in [-0.3, -0.25) is 4.79 Å². The Morgan fingerprint density at radius 3 is 2.09 bits per heavy atom. The molecule has 5 nitrogen and oxygen atoms in total. The number of carboxylic acid groups (broad SMARTS) is 1. The molecule has 0 bridgehead atoms. The van der Waals surface area contributed by atoms with E-state index >= 15 is 0 Å². The van der Waals surface area contributed by atoms with Crippen LogP contribution in [0.25, 0.3) is 0 Å². The van der Waals surface area contributed by atoms with E-state index in [1.54, 1.807) is 0 Å². The van der Waals surface area contributed by atoms with Crippen LogP contribution in [0.2, 0.25) is 0 Å². The van der Waals surface area contributed by atoms with Crippen molar-refractivity contribution in [3.63, 3.8) is 0 Å². The lowest BCUT2D eigenvalue weighted by Gasteiger charge is -2.19. The monoisotopic (exact) mass is 307 g/mol. The van der Waals surface area contributed by atoms with Gasteiger partial charge in [0.05, 0.1) is 6.54 Å². The lowest BCUT2D eigenvalue weighted by molar-refractivity contribution is -0.156. The second-order valence-corrected chi connectivity index (χ2v) is 6.28. The van der Waals surface area contributed by atoms with Crippen molar-refractivity contribution >= 4 is 11.9 Å². The number of aliphatic carboxylic acids is 1. The van der Waals surface area contributed by atoms with Gasteiger partial charge in [0.1, 0.15) is 0 Å². The standard InChI is InChI=1S/C17H25NO4/c1-11(2)13-5-7-14(8-6-13)12(3)9-15(19)18-10-17(4,22)16(20)21/h5-8,11-12,22H,9-10H2,1-4H3,(H,18,19)(H,20,21). The maximum Gasteiger partial charge on any atom is 0.337 e. The van der Waals surface area contributed by atoms with Gasteiger partial charge >= 0.3 is 5.97 Å². The van der Waals surface area contributed by atoms with Crippen LogP contribution < -0.4 is 5.32 Å². The molecule has 0 radical (unpaired) electrons. The summed E-state index contributed by atoms with van der Waals surface area (Å²) in [6.45, 7) is 7.05. The number of carbonyl (C=O) groups is 2. The maximum absolute atomic E-state index is 11.9. The molecule has 0 aliphatic heterocycles. The third-order valence-corrected chi connectivity index (χ3v) is 3.75. The van der Waals surface area contributed by atoms with Crippen molar-refractivity contribution in [2.75, 3.05) is 6.54 Å². The second kappa shape index (κ2) is 7.40. The molecule has 0 aromatic heterocycles. The number of carbonyl (C=O) groups excluding carboxylic acids is 1. The molecule has 1 aromatic rings. The molecule has 0 heterocycles. The van der Waals surface area contributed by atoms with E-state index < -0.39 is 11.6 Å². The average Bonchev–Trinajstić information content (AvgIpc) is 2.45. The molecule has 0 saturated carbocycles. The van der Waals surface area contributed by atoms with Crippen molar-refractivity contribution in [1.29, 1.82) is 0 Å². The number of aliphatic hydroxyl groups is 1. The predicted octanol–water partition coefficient (Wildman–Crippen LogP) is 2.26. The smallest absolute Gasteiger partial charge is 0.337 e. The number of amides is 1. The van der Waals surface area contributed by atoms with Crippen molar-refractivity contribution < 1.29 is 19.8 Å². The molecule has 0 aliphatic carbocycles. The number of benzene rings is 1. The number of nitrogens with one attached hydrogen (secondary N) is 1. The van der Waals surface area contributed by atoms with E-state index in [-0.39, 0.29) is 24.8 Å². The number of hydrogen-bond acceptors (Lipinski definition) is 3. The molecule has 1 amide bonds. The molecular weight excluding hydrogens is 282 g/mol. The summed E-state index contributed by atoms with van der Waals surface area (Å²) in [7, 11) is 0. The van der Waals surface area contributed by atoms with Gasteiger partial charge in [-0.2, -0.15) is 0 Å². The van der Waals surface area contributed by atoms with Crippen LogP contribution in [-0.4, -0.2) is 34.2 Å². The van der Waals surface area contributed by atoms with Gasteiger partial charge in [-0.25, -0.2) is 4.79 Å². The fraction of sp³-hybridized carbons (Fsp3) is 0.529. The minimum Gasteiger partial charge on any atom is -0.479 e. The molecule has 2 atom stereocenters. The van der Waals surface area contributed by atoms with Gasteiger partial charge in [0, 0.05) is 6.42 Å². The van der Waals surface area contributed by atoms with Gasteiger partial charge in [-0.05, 0) is 29.9 Å². The van der Waals surface area contributed by atoms with Crippen LogP contribution in [0.4, 0.5) is 0 Å². The Morgan fingerprint density at radius 1 is 1.14 bits per heavy atom. The third kappa shape index (κ3) is 5.15. The van der Waals surface area contributed by atoms with E-state index in [4.69, 9.17) is 5.11 Å². The Bertz CT molecular complexity index is 520. The topological polar surface area (TPSA) is 86.6 Å². The minimum atomic E-state index is -1.95. The SMILES string of the molecule is CC(C)c1ccc(C(C)CC(=O)NCC(C)(O)C(=O)O)cc1. The van der Waals surface area contributed by atoms with E-state index in [1.807, 2.05) is 19.1 Å². The van der Waals surface area contributed by atoms with Gasteiger partial charge in [0.25, 0.3) is 0 Å². The Kier molecular flexibility index (Phi) is 6.11. The highest BCUT2D eigenvalue weighted by Gasteiger charge is 2.30. The summed E-state index contributed by atoms with van der Waals surface area (Å²) in [5, 5.41) is 20.8. The van der Waals surface area contributed by atoms with Crippen LogP contribution in [0, 0.1) is 0 Å². The Labute approximate surface area is 131 Å². The van der Waals surface area contributed by atoms with Gasteiger partial charge in [0.2, 0.25) is 5.91 Å². The fourth-order valence-electron chi connectivity index (χ4n) is 2.02. The molecule has 22 heavy (non-hydrogen) atoms. The minimum absolute atomic E-state index is 0.0241. The summed E-state index contributed by atoms with van der Waals surface area (Å²) in [5.74, 6) is -1.14. The highest BCUT2D eigenvalue weighted by molar-refractivity contribution is 5.80. The highest BCUT2D eigenvalue weighted by atomic mass is 16.4. The van der Waals surface area contributed by atoms with E-state index in [0.717, 1.165) is 12.5 Å². The molecule has 1 aromatic carbocycles. The van der Waals surface area contributed by atoms with Crippen LogP contribution in [0.15, 0.2) is 24.3 Å². The van der Waals surface area contributed by atoms with E-state index in [0.29, 0.717) is 5.92 Å². The molecule has 5 heteroatoms. The zero-order chi connectivity index (χ0) is 16.9. The third-order valence-electron chi connectivity index (χ3n) is 3.75. The first kappa shape index (κ1) is 18.2. The summed E-state index contributed by atoms with van der Waals surface area (Å²) in [6, 6.07) is 8.15. The van der Waals surface area contributed by atoms with Crippen molar-refractivity contribution in [2.24, 2.45) is 0 Å². The molecule has 122 valence electrons. The Morgan fingerprint density at radius 2 is 1.64 bits per heavy atom. The summed E-state index contributed by atoms with van der Waals surface area (Å²) in [4.78, 5) is 22.6. The lowest BCUT2D eigenvalue weighted by atomic mass is 9.94. The molecule has 0 fully saturated rings. The van der Waals surface area contributed by atoms with Crippen LogP contribution in [-0.2, 0) is 9.59 Å². The molecule has 0 aliphatic rings. The first-order chi connectivity index (χ1) is 10.1. The van der Waals surface area contributed by atoms with Crippen molar-refractivity contribution in [3.05, 3.63) is 35.4 Å². The van der Waals surface area contributed by atoms with Crippen LogP contribution >= 0.6 is 0 Å². The van der Waals surface area contributed by atoms with Crippen LogP contribution in [0.5, 0.6) is 0 Å². The first-order valence-corrected chi connectivity index (χ1v) is 7.46. The quantitative estimate of drug-likeness (QED) is 0.721. The van der Waals surface area contributed by atoms with Crippen LogP contribution in [0.3, 0.4) is 0 Å². The summed E-state index contributed by atoms with van der Waals surface area (Å²) in [5.41, 5.74) is 0.361. The lowest BCUT2D eigenvalue weighted by Crippen LogP contribution is -2.46. The molecule has 3 N–H and O–H groups in total. The molecular formula is C17H25NO4. The van der Waals surface area contributed by atoms with E-state index in [1.165, 1.54) is 5.56 Å². The van der Waals surface area contributed by atoms with Gasteiger partial charge in [0.15, 0.2) is 5.60 Å². The second-order valence-electron chi connectivity index (χ2n) is 6.28. The van der Waals surface area contributed by atoms with Crippen molar-refractivity contribution in [1.82, 2.24) is 5.32 Å². The normalized spacial score (nSPS) is 15.2. The van der Waals surface area contributed by atoms with Crippen LogP contribution in [0.1, 0.15) is 57.1 Å². The largest absolute Gasteiger partial charge is 0.479 e. The van der Waals surface area contributed by atoms with Gasteiger partial charge in [-0.1, -0.05) is 45.0 Å². The molecule has 1 rings (SSSR count). The summed E-state index contributed by atoms with van der Waals surface area (Å²) >= 11 is 0. The summed E-state index contributed by atoms with van der Waals surface area (Å²) < 4.78 is 0. The zero-order valence-corrected chi connectivity index (χ0v) is 13.6. The first-order valence-electron chi connectivity index (χ1n) is 7.46. The molecule has 0 spiro atoms. The number of hydrogen-bond donors (Lipinski definition) is 3. The van der Waals surface area contributed by atoms with Gasteiger partial charge in [-0.15, -0.1) is 0 Å². The predicted molar refractivity (Wildman–Crippen MR) is 84.8 cm³/mol. The van der Waals surface area contributed by atoms with Gasteiger partial charge < -0.3 is 15.5 Å². The Hall–Kier alpha value is -1.88. The highest BCUT2D eigenvalue weighted by Crippen LogP contribution is 2.22. The summed E-state index contributed by atoms with van der Waals surface area (Å²) in [6.07, 6.45) is 0.247. The zero-order valence-electron chi connectivity index (χ0n) is 13.6. The average molecular weight is 307 g/mol. The maximum atomic E-state index is 11.9. The number of rotatable bonds is 7. The number of carboxylic acids is 1. The van der Waals surface area contributed by atoms with Crippen molar-refractivity contribution in [3.8, 4) is 0 Å². The van der Waals surface area contributed by atoms with Crippen molar-refractivity contribution in [2.45, 2.75) is 51.6 Å². The van der Waals surface area contributed by atoms with E-state index in [9.17, 15) is 14.7 Å². The fourth-order valence-corrected chi connectivity index (χ4v) is 2.02.